The standard InChI is InChI=1S/C16H19N5O2S/c1-2-15-18-16(10-21(15)9-11-6-7-11)24(22,23)20-14-5-3-4-13-12(14)8-17-19-13/h3-5,8,10-11,20H,2,6-7,9H2,1H3,(H,17,19). The van der Waals surface area contributed by atoms with Crippen LogP contribution in [0.15, 0.2) is 35.6 Å². The topological polar surface area (TPSA) is 92.7 Å². The number of nitrogens with zero attached hydrogens (tertiary/aromatic N) is 3. The molecule has 0 spiro atoms. The van der Waals surface area contributed by atoms with Gasteiger partial charge in [-0.15, -0.1) is 0 Å². The second-order valence-corrected chi connectivity index (χ2v) is 7.82. The molecule has 126 valence electrons. The molecule has 7 nitrogen and oxygen atoms in total. The number of hydrogen-bond donors (Lipinski definition) is 2. The van der Waals surface area contributed by atoms with E-state index in [4.69, 9.17) is 0 Å². The molecule has 0 bridgehead atoms. The normalized spacial score (nSPS) is 15.0. The molecule has 0 radical (unpaired) electrons. The Bertz CT molecular complexity index is 985. The highest BCUT2D eigenvalue weighted by Crippen LogP contribution is 2.31. The third-order valence-electron chi connectivity index (χ3n) is 4.31. The minimum Gasteiger partial charge on any atom is -0.333 e. The lowest BCUT2D eigenvalue weighted by atomic mass is 10.2. The molecule has 1 aliphatic rings. The van der Waals surface area contributed by atoms with Crippen LogP contribution < -0.4 is 4.72 Å². The summed E-state index contributed by atoms with van der Waals surface area (Å²) in [4.78, 5) is 4.33. The van der Waals surface area contributed by atoms with E-state index in [0.717, 1.165) is 23.3 Å². The van der Waals surface area contributed by atoms with Crippen LogP contribution in [0.3, 0.4) is 0 Å². The van der Waals surface area contributed by atoms with Crippen LogP contribution in [-0.2, 0) is 23.0 Å². The molecule has 0 saturated heterocycles. The predicted molar refractivity (Wildman–Crippen MR) is 91.2 cm³/mol. The Kier molecular flexibility index (Phi) is 3.56. The number of imidazole rings is 1. The van der Waals surface area contributed by atoms with Gasteiger partial charge in [0.05, 0.1) is 17.4 Å². The average Bonchev–Trinajstić information content (AvgIpc) is 3.08. The summed E-state index contributed by atoms with van der Waals surface area (Å²) < 4.78 is 30.1. The van der Waals surface area contributed by atoms with Crippen molar-refractivity contribution in [3.05, 3.63) is 36.4 Å². The van der Waals surface area contributed by atoms with E-state index in [1.165, 1.54) is 12.8 Å². The molecule has 0 amide bonds. The van der Waals surface area contributed by atoms with Gasteiger partial charge in [-0.2, -0.15) is 13.5 Å². The number of benzene rings is 1. The number of nitrogens with one attached hydrogen (secondary N) is 2. The van der Waals surface area contributed by atoms with E-state index in [1.807, 2.05) is 17.6 Å². The molecule has 3 aromatic rings. The summed E-state index contributed by atoms with van der Waals surface area (Å²) in [6.45, 7) is 2.84. The van der Waals surface area contributed by atoms with E-state index in [9.17, 15) is 8.42 Å². The summed E-state index contributed by atoms with van der Waals surface area (Å²) >= 11 is 0. The van der Waals surface area contributed by atoms with Gasteiger partial charge >= 0.3 is 0 Å². The van der Waals surface area contributed by atoms with E-state index in [0.29, 0.717) is 18.0 Å². The fourth-order valence-corrected chi connectivity index (χ4v) is 3.89. The second-order valence-electron chi connectivity index (χ2n) is 6.19. The van der Waals surface area contributed by atoms with E-state index < -0.39 is 10.0 Å². The summed E-state index contributed by atoms with van der Waals surface area (Å²) in [6, 6.07) is 5.35. The van der Waals surface area contributed by atoms with Crippen molar-refractivity contribution in [2.24, 2.45) is 5.92 Å². The summed E-state index contributed by atoms with van der Waals surface area (Å²) in [5, 5.41) is 7.59. The number of hydrogen-bond acceptors (Lipinski definition) is 4. The fourth-order valence-electron chi connectivity index (χ4n) is 2.83. The van der Waals surface area contributed by atoms with Crippen molar-refractivity contribution >= 4 is 26.6 Å². The van der Waals surface area contributed by atoms with E-state index in [1.54, 1.807) is 24.5 Å². The highest BCUT2D eigenvalue weighted by Gasteiger charge is 2.26. The number of aryl methyl sites for hydroxylation is 1. The highest BCUT2D eigenvalue weighted by molar-refractivity contribution is 7.92. The lowest BCUT2D eigenvalue weighted by Crippen LogP contribution is -2.13. The third kappa shape index (κ3) is 2.77. The van der Waals surface area contributed by atoms with Crippen molar-refractivity contribution in [2.45, 2.75) is 37.8 Å². The number of H-pyrrole nitrogens is 1. The Hall–Kier alpha value is -2.35. The largest absolute Gasteiger partial charge is 0.333 e. The molecule has 4 rings (SSSR count). The van der Waals surface area contributed by atoms with Crippen molar-refractivity contribution < 1.29 is 8.42 Å². The van der Waals surface area contributed by atoms with Crippen LogP contribution in [0.25, 0.3) is 10.9 Å². The van der Waals surface area contributed by atoms with Crippen molar-refractivity contribution in [1.82, 2.24) is 19.7 Å². The molecule has 1 aliphatic carbocycles. The summed E-state index contributed by atoms with van der Waals surface area (Å²) in [6.07, 6.45) is 6.39. The molecule has 24 heavy (non-hydrogen) atoms. The number of aromatic nitrogens is 4. The maximum absolute atomic E-state index is 12.7. The van der Waals surface area contributed by atoms with Gasteiger partial charge in [0.25, 0.3) is 10.0 Å². The third-order valence-corrected chi connectivity index (χ3v) is 5.55. The Morgan fingerprint density at radius 2 is 2.21 bits per heavy atom. The van der Waals surface area contributed by atoms with Crippen LogP contribution in [0, 0.1) is 5.92 Å². The maximum atomic E-state index is 12.7. The van der Waals surface area contributed by atoms with Crippen LogP contribution in [0.5, 0.6) is 0 Å². The summed E-state index contributed by atoms with van der Waals surface area (Å²) in [7, 11) is -3.73. The average molecular weight is 345 g/mol. The van der Waals surface area contributed by atoms with E-state index in [-0.39, 0.29) is 5.03 Å². The van der Waals surface area contributed by atoms with Crippen LogP contribution in [-0.4, -0.2) is 28.2 Å². The quantitative estimate of drug-likeness (QED) is 0.718. The van der Waals surface area contributed by atoms with Gasteiger partial charge in [-0.05, 0) is 30.9 Å². The molecule has 2 N–H and O–H groups in total. The van der Waals surface area contributed by atoms with Gasteiger partial charge in [-0.1, -0.05) is 13.0 Å². The van der Waals surface area contributed by atoms with Gasteiger partial charge in [0, 0.05) is 24.5 Å². The van der Waals surface area contributed by atoms with Crippen molar-refractivity contribution in [1.29, 1.82) is 0 Å². The molecular formula is C16H19N5O2S. The van der Waals surface area contributed by atoms with Crippen LogP contribution in [0.2, 0.25) is 0 Å². The zero-order chi connectivity index (χ0) is 16.7. The summed E-state index contributed by atoms with van der Waals surface area (Å²) in [5.74, 6) is 1.47. The smallest absolute Gasteiger partial charge is 0.280 e. The first-order chi connectivity index (χ1) is 11.6. The molecule has 0 aliphatic heterocycles. The number of fused-ring (bicyclic) bond motifs is 1. The van der Waals surface area contributed by atoms with Crippen molar-refractivity contribution in [3.8, 4) is 0 Å². The number of sulfonamides is 1. The first kappa shape index (κ1) is 15.2. The van der Waals surface area contributed by atoms with Gasteiger partial charge in [0.1, 0.15) is 5.82 Å². The monoisotopic (exact) mass is 345 g/mol. The molecule has 1 saturated carbocycles. The number of rotatable bonds is 6. The predicted octanol–water partition coefficient (Wildman–Crippen LogP) is 2.53. The Balaban J connectivity index is 1.67. The number of aromatic amines is 1. The van der Waals surface area contributed by atoms with E-state index >= 15 is 0 Å². The zero-order valence-electron chi connectivity index (χ0n) is 13.4. The summed E-state index contributed by atoms with van der Waals surface area (Å²) in [5.41, 5.74) is 1.28. The van der Waals surface area contributed by atoms with Gasteiger partial charge < -0.3 is 4.57 Å². The lowest BCUT2D eigenvalue weighted by molar-refractivity contribution is 0.594. The van der Waals surface area contributed by atoms with Gasteiger partial charge in [0.15, 0.2) is 5.03 Å². The first-order valence-electron chi connectivity index (χ1n) is 8.08. The molecule has 8 heteroatoms. The Morgan fingerprint density at radius 1 is 1.38 bits per heavy atom. The first-order valence-corrected chi connectivity index (χ1v) is 9.56. The van der Waals surface area contributed by atoms with Gasteiger partial charge in [0.2, 0.25) is 0 Å². The molecule has 0 unspecified atom stereocenters. The fraction of sp³-hybridized carbons (Fsp3) is 0.375. The van der Waals surface area contributed by atoms with E-state index in [2.05, 4.69) is 19.9 Å². The second kappa shape index (κ2) is 5.62. The highest BCUT2D eigenvalue weighted by atomic mass is 32.2. The molecule has 0 atom stereocenters. The molecule has 1 aromatic carbocycles. The molecular weight excluding hydrogens is 326 g/mol. The Labute approximate surface area is 140 Å². The van der Waals surface area contributed by atoms with Crippen LogP contribution >= 0.6 is 0 Å². The van der Waals surface area contributed by atoms with Gasteiger partial charge in [-0.3, -0.25) is 9.82 Å². The minimum absolute atomic E-state index is 0.0699. The van der Waals surface area contributed by atoms with Crippen molar-refractivity contribution in [2.75, 3.05) is 4.72 Å². The number of anilines is 1. The molecule has 2 heterocycles. The zero-order valence-corrected chi connectivity index (χ0v) is 14.2. The van der Waals surface area contributed by atoms with Crippen LogP contribution in [0.4, 0.5) is 5.69 Å². The van der Waals surface area contributed by atoms with Crippen molar-refractivity contribution in [3.63, 3.8) is 0 Å². The lowest BCUT2D eigenvalue weighted by Gasteiger charge is -2.06. The molecule has 1 fully saturated rings. The SMILES string of the molecule is CCc1nc(S(=O)(=O)Nc2cccc3[nH]ncc23)cn1CC1CC1. The maximum Gasteiger partial charge on any atom is 0.280 e. The molecule has 2 aromatic heterocycles. The van der Waals surface area contributed by atoms with Crippen LogP contribution in [0.1, 0.15) is 25.6 Å². The minimum atomic E-state index is -3.73. The van der Waals surface area contributed by atoms with Gasteiger partial charge in [-0.25, -0.2) is 4.98 Å². The Morgan fingerprint density at radius 3 is 2.96 bits per heavy atom.